The number of guanidine groups is 1. The first-order valence-electron chi connectivity index (χ1n) is 10.6. The average Bonchev–Trinajstić information content (AvgIpc) is 3.40. The van der Waals surface area contributed by atoms with Crippen LogP contribution in [0.1, 0.15) is 28.2 Å². The molecule has 2 aromatic carbocycles. The molecule has 2 heterocycles. The molecule has 0 unspecified atom stereocenters. The Morgan fingerprint density at radius 3 is 2.33 bits per heavy atom. The zero-order valence-electron chi connectivity index (χ0n) is 19.1. The second-order valence-electron chi connectivity index (χ2n) is 7.58. The van der Waals surface area contributed by atoms with Gasteiger partial charge in [-0.3, -0.25) is 9.67 Å². The van der Waals surface area contributed by atoms with E-state index in [1.165, 1.54) is 11.1 Å². The molecule has 0 saturated heterocycles. The molecule has 0 spiro atoms. The number of hydrogen-bond donors (Lipinski definition) is 2. The maximum atomic E-state index is 5.61. The van der Waals surface area contributed by atoms with Crippen molar-refractivity contribution in [3.63, 3.8) is 0 Å². The Morgan fingerprint density at radius 1 is 0.970 bits per heavy atom. The van der Waals surface area contributed by atoms with E-state index in [0.29, 0.717) is 24.9 Å². The first-order valence-corrected chi connectivity index (χ1v) is 10.6. The highest BCUT2D eigenvalue weighted by Crippen LogP contribution is 2.18. The lowest BCUT2D eigenvalue weighted by molar-refractivity contribution is 0.572. The number of benzene rings is 2. The van der Waals surface area contributed by atoms with Crippen molar-refractivity contribution in [2.24, 2.45) is 4.99 Å². The summed E-state index contributed by atoms with van der Waals surface area (Å²) >= 11 is 0. The van der Waals surface area contributed by atoms with Gasteiger partial charge in [-0.25, -0.2) is 4.98 Å². The summed E-state index contributed by atoms with van der Waals surface area (Å²) in [6.45, 7) is 6.07. The molecule has 0 bridgehead atoms. The zero-order chi connectivity index (χ0) is 22.3. The fourth-order valence-corrected chi connectivity index (χ4v) is 3.57. The van der Waals surface area contributed by atoms with Crippen LogP contribution in [0, 0.1) is 13.8 Å². The Kier molecular flexibility index (Phi) is 8.65. The SMILES string of the molecule is CN=C(NCc1coc(-c2ccccc2)n1)NCc1c(C)nn(Cc2ccccc2)c1C.I. The van der Waals surface area contributed by atoms with Gasteiger partial charge in [-0.05, 0) is 31.5 Å². The van der Waals surface area contributed by atoms with Gasteiger partial charge in [0.25, 0.3) is 0 Å². The summed E-state index contributed by atoms with van der Waals surface area (Å²) in [4.78, 5) is 8.88. The number of rotatable bonds is 7. The minimum atomic E-state index is 0. The molecule has 8 heteroatoms. The summed E-state index contributed by atoms with van der Waals surface area (Å²) in [5.74, 6) is 1.31. The summed E-state index contributed by atoms with van der Waals surface area (Å²) in [6.07, 6.45) is 1.67. The molecule has 0 saturated carbocycles. The van der Waals surface area contributed by atoms with E-state index >= 15 is 0 Å². The summed E-state index contributed by atoms with van der Waals surface area (Å²) in [6, 6.07) is 20.2. The summed E-state index contributed by atoms with van der Waals surface area (Å²) in [5.41, 5.74) is 6.35. The van der Waals surface area contributed by atoms with Gasteiger partial charge in [-0.1, -0.05) is 48.5 Å². The minimum absolute atomic E-state index is 0. The molecule has 2 aromatic heterocycles. The second-order valence-corrected chi connectivity index (χ2v) is 7.58. The van der Waals surface area contributed by atoms with Crippen LogP contribution in [-0.4, -0.2) is 27.8 Å². The zero-order valence-corrected chi connectivity index (χ0v) is 21.4. The second kappa shape index (κ2) is 11.6. The first kappa shape index (κ1) is 24.5. The quantitative estimate of drug-likeness (QED) is 0.196. The van der Waals surface area contributed by atoms with Crippen molar-refractivity contribution >= 4 is 29.9 Å². The molecule has 4 rings (SSSR count). The van der Waals surface area contributed by atoms with E-state index in [0.717, 1.165) is 29.2 Å². The van der Waals surface area contributed by atoms with Crippen molar-refractivity contribution in [1.29, 1.82) is 0 Å². The van der Waals surface area contributed by atoms with Gasteiger partial charge < -0.3 is 15.1 Å². The number of halogens is 1. The molecule has 0 radical (unpaired) electrons. The summed E-state index contributed by atoms with van der Waals surface area (Å²) in [5, 5.41) is 11.4. The van der Waals surface area contributed by atoms with E-state index < -0.39 is 0 Å². The topological polar surface area (TPSA) is 80.3 Å². The van der Waals surface area contributed by atoms with E-state index in [2.05, 4.69) is 56.5 Å². The number of nitrogens with one attached hydrogen (secondary N) is 2. The Labute approximate surface area is 211 Å². The van der Waals surface area contributed by atoms with Crippen molar-refractivity contribution in [3.05, 3.63) is 95.1 Å². The van der Waals surface area contributed by atoms with Crippen molar-refractivity contribution < 1.29 is 4.42 Å². The monoisotopic (exact) mass is 556 g/mol. The van der Waals surface area contributed by atoms with Gasteiger partial charge in [0, 0.05) is 30.4 Å². The summed E-state index contributed by atoms with van der Waals surface area (Å²) < 4.78 is 7.66. The molecule has 0 atom stereocenters. The smallest absolute Gasteiger partial charge is 0.226 e. The third-order valence-electron chi connectivity index (χ3n) is 5.37. The number of nitrogens with zero attached hydrogens (tertiary/aromatic N) is 4. The van der Waals surface area contributed by atoms with Gasteiger partial charge in [0.05, 0.1) is 24.5 Å². The average molecular weight is 556 g/mol. The molecule has 0 amide bonds. The number of aromatic nitrogens is 3. The molecule has 33 heavy (non-hydrogen) atoms. The van der Waals surface area contributed by atoms with Crippen LogP contribution in [0.3, 0.4) is 0 Å². The van der Waals surface area contributed by atoms with Crippen LogP contribution in [-0.2, 0) is 19.6 Å². The molecule has 4 aromatic rings. The van der Waals surface area contributed by atoms with Gasteiger partial charge in [-0.15, -0.1) is 24.0 Å². The normalized spacial score (nSPS) is 11.2. The third-order valence-corrected chi connectivity index (χ3v) is 5.37. The van der Waals surface area contributed by atoms with Crippen LogP contribution in [0.2, 0.25) is 0 Å². The standard InChI is InChI=1S/C25H28N6O.HI/c1-18-23(19(2)31(30-18)16-20-10-6-4-7-11-20)15-28-25(26-3)27-14-22-17-32-24(29-22)21-12-8-5-9-13-21;/h4-13,17H,14-16H2,1-3H3,(H2,26,27,28);1H. The molecule has 172 valence electrons. The fraction of sp³-hybridized carbons (Fsp3) is 0.240. The molecule has 0 fully saturated rings. The first-order chi connectivity index (χ1) is 15.6. The Balaban J connectivity index is 0.00000306. The highest BCUT2D eigenvalue weighted by atomic mass is 127. The highest BCUT2D eigenvalue weighted by Gasteiger charge is 2.13. The van der Waals surface area contributed by atoms with E-state index in [1.54, 1.807) is 13.3 Å². The van der Waals surface area contributed by atoms with Crippen LogP contribution >= 0.6 is 24.0 Å². The van der Waals surface area contributed by atoms with E-state index in [1.807, 2.05) is 43.3 Å². The van der Waals surface area contributed by atoms with Gasteiger partial charge in [0.15, 0.2) is 5.96 Å². The predicted molar refractivity (Wildman–Crippen MR) is 142 cm³/mol. The van der Waals surface area contributed by atoms with E-state index in [-0.39, 0.29) is 24.0 Å². The van der Waals surface area contributed by atoms with E-state index in [4.69, 9.17) is 9.52 Å². The van der Waals surface area contributed by atoms with E-state index in [9.17, 15) is 0 Å². The molecule has 0 aliphatic carbocycles. The Morgan fingerprint density at radius 2 is 1.64 bits per heavy atom. The molecule has 0 aliphatic rings. The third kappa shape index (κ3) is 6.22. The molecule has 0 aliphatic heterocycles. The highest BCUT2D eigenvalue weighted by molar-refractivity contribution is 14.0. The van der Waals surface area contributed by atoms with Crippen LogP contribution in [0.5, 0.6) is 0 Å². The Bertz CT molecular complexity index is 1180. The van der Waals surface area contributed by atoms with Crippen LogP contribution in [0.15, 0.2) is 76.3 Å². The van der Waals surface area contributed by atoms with Crippen molar-refractivity contribution in [1.82, 2.24) is 25.4 Å². The maximum Gasteiger partial charge on any atom is 0.226 e. The van der Waals surface area contributed by atoms with Crippen LogP contribution in [0.25, 0.3) is 11.5 Å². The van der Waals surface area contributed by atoms with Crippen LogP contribution < -0.4 is 10.6 Å². The molecular weight excluding hydrogens is 527 g/mol. The lowest BCUT2D eigenvalue weighted by atomic mass is 10.2. The minimum Gasteiger partial charge on any atom is -0.444 e. The number of hydrogen-bond acceptors (Lipinski definition) is 4. The van der Waals surface area contributed by atoms with Gasteiger partial charge >= 0.3 is 0 Å². The predicted octanol–water partition coefficient (Wildman–Crippen LogP) is 4.69. The van der Waals surface area contributed by atoms with Gasteiger partial charge in [-0.2, -0.15) is 5.10 Å². The molecule has 7 nitrogen and oxygen atoms in total. The molecule has 2 N–H and O–H groups in total. The van der Waals surface area contributed by atoms with Crippen LogP contribution in [0.4, 0.5) is 0 Å². The lowest BCUT2D eigenvalue weighted by Crippen LogP contribution is -2.36. The number of aliphatic imine (C=N–C) groups is 1. The van der Waals surface area contributed by atoms with Gasteiger partial charge in [0.2, 0.25) is 5.89 Å². The number of oxazole rings is 1. The summed E-state index contributed by atoms with van der Waals surface area (Å²) in [7, 11) is 1.76. The maximum absolute atomic E-state index is 5.61. The van der Waals surface area contributed by atoms with Crippen molar-refractivity contribution in [2.75, 3.05) is 7.05 Å². The Hall–Kier alpha value is -3.14. The van der Waals surface area contributed by atoms with Crippen molar-refractivity contribution in [2.45, 2.75) is 33.5 Å². The molecular formula is C25H29IN6O. The lowest BCUT2D eigenvalue weighted by Gasteiger charge is -2.11. The number of aryl methyl sites for hydroxylation is 1. The van der Waals surface area contributed by atoms with Gasteiger partial charge in [0.1, 0.15) is 6.26 Å². The largest absolute Gasteiger partial charge is 0.444 e. The van der Waals surface area contributed by atoms with Crippen molar-refractivity contribution in [3.8, 4) is 11.5 Å². The fourth-order valence-electron chi connectivity index (χ4n) is 3.57.